The number of ether oxygens (including phenoxy) is 2. The van der Waals surface area contributed by atoms with Crippen molar-refractivity contribution in [2.45, 2.75) is 12.8 Å². The third-order valence-corrected chi connectivity index (χ3v) is 4.19. The van der Waals surface area contributed by atoms with Crippen molar-refractivity contribution in [3.05, 3.63) is 77.5 Å². The molecule has 1 atom stereocenters. The molecule has 3 rings (SSSR count). The zero-order chi connectivity index (χ0) is 18.4. The predicted molar refractivity (Wildman–Crippen MR) is 97.5 cm³/mol. The normalized spacial score (nSPS) is 20.2. The van der Waals surface area contributed by atoms with Gasteiger partial charge in [0.25, 0.3) is 0 Å². The van der Waals surface area contributed by atoms with Gasteiger partial charge in [0.1, 0.15) is 5.76 Å². The van der Waals surface area contributed by atoms with Gasteiger partial charge in [0.2, 0.25) is 0 Å². The molecule has 1 heterocycles. The van der Waals surface area contributed by atoms with Crippen LogP contribution >= 0.6 is 0 Å². The van der Waals surface area contributed by atoms with Crippen molar-refractivity contribution in [2.75, 3.05) is 7.11 Å². The highest BCUT2D eigenvalue weighted by Gasteiger charge is 2.54. The maximum Gasteiger partial charge on any atom is 0.330 e. The first kappa shape index (κ1) is 17.5. The maximum atomic E-state index is 12.5. The lowest BCUT2D eigenvalue weighted by molar-refractivity contribution is -0.162. The quantitative estimate of drug-likeness (QED) is 0.484. The Bertz CT molecular complexity index is 888. The molecular formula is C22H18O4. The van der Waals surface area contributed by atoms with E-state index in [1.165, 1.54) is 7.11 Å². The van der Waals surface area contributed by atoms with Gasteiger partial charge in [-0.25, -0.2) is 0 Å². The molecule has 0 N–H and O–H groups in total. The summed E-state index contributed by atoms with van der Waals surface area (Å²) < 4.78 is 10.2. The van der Waals surface area contributed by atoms with Gasteiger partial charge in [-0.3, -0.25) is 9.59 Å². The van der Waals surface area contributed by atoms with E-state index in [1.807, 2.05) is 60.7 Å². The Balaban J connectivity index is 1.86. The van der Waals surface area contributed by atoms with Gasteiger partial charge in [0.05, 0.1) is 7.11 Å². The molecule has 1 aliphatic rings. The zero-order valence-corrected chi connectivity index (χ0v) is 14.4. The number of esters is 2. The van der Waals surface area contributed by atoms with Crippen molar-refractivity contribution in [3.8, 4) is 11.8 Å². The van der Waals surface area contributed by atoms with E-state index in [4.69, 9.17) is 9.47 Å². The Morgan fingerprint density at radius 1 is 1.15 bits per heavy atom. The number of methoxy groups -OCH3 is 1. The number of carbonyl (C=O) groups is 2. The molecule has 0 aliphatic carbocycles. The summed E-state index contributed by atoms with van der Waals surface area (Å²) in [4.78, 5) is 24.9. The molecule has 1 unspecified atom stereocenters. The van der Waals surface area contributed by atoms with Crippen molar-refractivity contribution in [1.82, 2.24) is 0 Å². The van der Waals surface area contributed by atoms with Crippen LogP contribution in [0.25, 0.3) is 6.08 Å². The summed E-state index contributed by atoms with van der Waals surface area (Å²) in [5.41, 5.74) is 0.294. The molecule has 0 spiro atoms. The van der Waals surface area contributed by atoms with Crippen molar-refractivity contribution in [1.29, 1.82) is 0 Å². The van der Waals surface area contributed by atoms with Crippen molar-refractivity contribution in [2.24, 2.45) is 5.41 Å². The van der Waals surface area contributed by atoms with E-state index in [0.29, 0.717) is 5.76 Å². The second kappa shape index (κ2) is 7.71. The second-order valence-corrected chi connectivity index (χ2v) is 6.01. The van der Waals surface area contributed by atoms with Crippen LogP contribution in [0.4, 0.5) is 0 Å². The summed E-state index contributed by atoms with van der Waals surface area (Å²) in [7, 11) is 1.26. The molecule has 2 aromatic rings. The van der Waals surface area contributed by atoms with E-state index in [-0.39, 0.29) is 12.8 Å². The number of hydrogen-bond acceptors (Lipinski definition) is 4. The largest absolute Gasteiger partial charge is 0.468 e. The van der Waals surface area contributed by atoms with Crippen LogP contribution in [0.5, 0.6) is 0 Å². The molecular weight excluding hydrogens is 328 g/mol. The van der Waals surface area contributed by atoms with Gasteiger partial charge in [-0.15, -0.1) is 0 Å². The van der Waals surface area contributed by atoms with E-state index in [1.54, 1.807) is 6.08 Å². The topological polar surface area (TPSA) is 52.6 Å². The molecule has 4 heteroatoms. The molecule has 1 saturated heterocycles. The minimum atomic E-state index is -1.42. The van der Waals surface area contributed by atoms with Crippen LogP contribution in [0.3, 0.4) is 0 Å². The molecule has 1 fully saturated rings. The van der Waals surface area contributed by atoms with E-state index < -0.39 is 17.4 Å². The number of allylic oxidation sites excluding steroid dienone is 1. The average molecular weight is 346 g/mol. The van der Waals surface area contributed by atoms with Crippen LogP contribution in [0, 0.1) is 17.3 Å². The molecule has 2 aromatic carbocycles. The lowest BCUT2D eigenvalue weighted by Crippen LogP contribution is -2.36. The Morgan fingerprint density at radius 3 is 2.46 bits per heavy atom. The minimum absolute atomic E-state index is 0.0412. The lowest BCUT2D eigenvalue weighted by atomic mass is 9.82. The first-order valence-electron chi connectivity index (χ1n) is 8.24. The fraction of sp³-hybridized carbons (Fsp3) is 0.182. The van der Waals surface area contributed by atoms with Crippen LogP contribution in [0.2, 0.25) is 0 Å². The van der Waals surface area contributed by atoms with E-state index in [2.05, 4.69) is 11.8 Å². The number of carbonyl (C=O) groups excluding carboxylic acids is 2. The Labute approximate surface area is 152 Å². The van der Waals surface area contributed by atoms with E-state index in [9.17, 15) is 9.59 Å². The molecule has 0 radical (unpaired) electrons. The van der Waals surface area contributed by atoms with Crippen LogP contribution in [0.1, 0.15) is 24.0 Å². The highest BCUT2D eigenvalue weighted by Crippen LogP contribution is 2.41. The summed E-state index contributed by atoms with van der Waals surface area (Å²) in [6.07, 6.45) is 1.93. The second-order valence-electron chi connectivity index (χ2n) is 6.01. The number of cyclic esters (lactones) is 1. The van der Waals surface area contributed by atoms with Gasteiger partial charge in [-0.2, -0.15) is 0 Å². The first-order chi connectivity index (χ1) is 12.6. The third-order valence-electron chi connectivity index (χ3n) is 4.19. The highest BCUT2D eigenvalue weighted by molar-refractivity contribution is 6.03. The Kier molecular flexibility index (Phi) is 5.19. The fourth-order valence-corrected chi connectivity index (χ4v) is 2.81. The van der Waals surface area contributed by atoms with Crippen molar-refractivity contribution in [3.63, 3.8) is 0 Å². The highest BCUT2D eigenvalue weighted by atomic mass is 16.6. The van der Waals surface area contributed by atoms with Crippen LogP contribution < -0.4 is 0 Å². The van der Waals surface area contributed by atoms with Crippen molar-refractivity contribution < 1.29 is 19.1 Å². The molecule has 0 saturated carbocycles. The van der Waals surface area contributed by atoms with Gasteiger partial charge >= 0.3 is 11.9 Å². The molecule has 0 bridgehead atoms. The van der Waals surface area contributed by atoms with Gasteiger partial charge < -0.3 is 9.47 Å². The van der Waals surface area contributed by atoms with Crippen LogP contribution in [0.15, 0.2) is 66.4 Å². The molecule has 130 valence electrons. The Hall–Kier alpha value is -3.32. The standard InChI is InChI=1S/C22H18O4/c1-25-20(23)22(14-8-13-17-9-4-2-5-10-17)16-19(26-21(22)24)15-18-11-6-3-7-12-18/h2-7,9-12,15H,14,16H2,1H3/b19-15-. The summed E-state index contributed by atoms with van der Waals surface area (Å²) in [6.45, 7) is 0. The summed E-state index contributed by atoms with van der Waals surface area (Å²) >= 11 is 0. The SMILES string of the molecule is COC(=O)C1(CC#Cc2ccccc2)C/C(=C/c2ccccc2)OC1=O. The van der Waals surface area contributed by atoms with Gasteiger partial charge in [-0.1, -0.05) is 60.4 Å². The molecule has 26 heavy (non-hydrogen) atoms. The van der Waals surface area contributed by atoms with Gasteiger partial charge in [0, 0.05) is 18.4 Å². The van der Waals surface area contributed by atoms with Crippen LogP contribution in [-0.4, -0.2) is 19.0 Å². The summed E-state index contributed by atoms with van der Waals surface area (Å²) in [6, 6.07) is 18.9. The number of rotatable bonds is 3. The predicted octanol–water partition coefficient (Wildman–Crippen LogP) is 3.58. The monoisotopic (exact) mass is 346 g/mol. The first-order valence-corrected chi connectivity index (χ1v) is 8.24. The average Bonchev–Trinajstić information content (AvgIpc) is 2.99. The fourth-order valence-electron chi connectivity index (χ4n) is 2.81. The molecule has 4 nitrogen and oxygen atoms in total. The Morgan fingerprint density at radius 2 is 1.81 bits per heavy atom. The number of hydrogen-bond donors (Lipinski definition) is 0. The molecule has 0 aromatic heterocycles. The molecule has 0 amide bonds. The van der Waals surface area contributed by atoms with E-state index >= 15 is 0 Å². The smallest absolute Gasteiger partial charge is 0.330 e. The third kappa shape index (κ3) is 3.68. The van der Waals surface area contributed by atoms with Gasteiger partial charge in [0.15, 0.2) is 5.41 Å². The summed E-state index contributed by atoms with van der Waals surface area (Å²) in [5, 5.41) is 0. The van der Waals surface area contributed by atoms with E-state index in [0.717, 1.165) is 11.1 Å². The van der Waals surface area contributed by atoms with Crippen LogP contribution in [-0.2, 0) is 19.1 Å². The van der Waals surface area contributed by atoms with Crippen molar-refractivity contribution >= 4 is 18.0 Å². The maximum absolute atomic E-state index is 12.5. The minimum Gasteiger partial charge on any atom is -0.468 e. The lowest BCUT2D eigenvalue weighted by Gasteiger charge is -2.17. The summed E-state index contributed by atoms with van der Waals surface area (Å²) in [5.74, 6) is 5.11. The molecule has 1 aliphatic heterocycles. The zero-order valence-electron chi connectivity index (χ0n) is 14.4. The number of benzene rings is 2. The van der Waals surface area contributed by atoms with Gasteiger partial charge in [-0.05, 0) is 23.8 Å².